The van der Waals surface area contributed by atoms with Crippen molar-refractivity contribution in [2.75, 3.05) is 0 Å². The largest absolute Gasteiger partial charge is 0.354 e. The molecule has 162 valence electrons. The molecule has 30 heavy (non-hydrogen) atoms. The van der Waals surface area contributed by atoms with Crippen molar-refractivity contribution in [3.8, 4) is 0 Å². The van der Waals surface area contributed by atoms with Gasteiger partial charge in [0.05, 0.1) is 11.7 Å². The number of aromatic nitrogens is 3. The Morgan fingerprint density at radius 2 is 1.93 bits per heavy atom. The van der Waals surface area contributed by atoms with Crippen molar-refractivity contribution in [1.82, 2.24) is 23.4 Å². The molecule has 8 nitrogen and oxygen atoms in total. The summed E-state index contributed by atoms with van der Waals surface area (Å²) >= 11 is 0.955. The van der Waals surface area contributed by atoms with Gasteiger partial charge in [-0.15, -0.1) is 0 Å². The Hall–Kier alpha value is -2.30. The number of carbonyl (C=O) groups is 1. The first-order valence-corrected chi connectivity index (χ1v) is 12.0. The summed E-state index contributed by atoms with van der Waals surface area (Å²) in [4.78, 5) is 12.9. The third-order valence-electron chi connectivity index (χ3n) is 5.04. The lowest BCUT2D eigenvalue weighted by Crippen LogP contribution is -2.51. The van der Waals surface area contributed by atoms with E-state index < -0.39 is 16.1 Å². The predicted molar refractivity (Wildman–Crippen MR) is 118 cm³/mol. The van der Waals surface area contributed by atoms with Crippen molar-refractivity contribution >= 4 is 38.7 Å². The maximum atomic E-state index is 13.0. The first-order valence-electron chi connectivity index (χ1n) is 9.83. The van der Waals surface area contributed by atoms with E-state index in [1.54, 1.807) is 12.1 Å². The van der Waals surface area contributed by atoms with Crippen LogP contribution in [0.4, 0.5) is 0 Å². The molecule has 3 aromatic rings. The Morgan fingerprint density at radius 3 is 2.60 bits per heavy atom. The second-order valence-corrected chi connectivity index (χ2v) is 10.0. The molecule has 0 saturated heterocycles. The Kier molecular flexibility index (Phi) is 6.89. The van der Waals surface area contributed by atoms with Gasteiger partial charge in [0.15, 0.2) is 0 Å². The second kappa shape index (κ2) is 9.23. The van der Waals surface area contributed by atoms with Crippen LogP contribution >= 0.6 is 11.7 Å². The fraction of sp³-hybridized carbons (Fsp3) is 0.450. The number of carbonyl (C=O) groups excluding carboxylic acids is 1. The van der Waals surface area contributed by atoms with Crippen LogP contribution in [0.1, 0.15) is 32.9 Å². The third kappa shape index (κ3) is 5.05. The minimum absolute atomic E-state index is 0.0314. The van der Waals surface area contributed by atoms with E-state index >= 15 is 0 Å². The fourth-order valence-electron chi connectivity index (χ4n) is 3.25. The molecule has 0 radical (unpaired) electrons. The summed E-state index contributed by atoms with van der Waals surface area (Å²) in [6.45, 7) is 5.55. The molecule has 0 aliphatic carbocycles. The van der Waals surface area contributed by atoms with Crippen molar-refractivity contribution in [2.45, 2.75) is 50.6 Å². The highest BCUT2D eigenvalue weighted by Crippen LogP contribution is 2.22. The number of amides is 1. The maximum absolute atomic E-state index is 13.0. The Labute approximate surface area is 181 Å². The molecule has 0 aliphatic rings. The van der Waals surface area contributed by atoms with E-state index in [1.165, 1.54) is 11.8 Å². The SMILES string of the molecule is CC(C)[C@@H](NS(=O)(=O)c1cccc2nsnc12)C(=O)N[C@@H](C)CCc1cccn1C. The molecule has 0 fully saturated rings. The minimum atomic E-state index is -3.95. The molecule has 0 aliphatic heterocycles. The number of hydrogen-bond donors (Lipinski definition) is 2. The normalized spacial score (nSPS) is 14.2. The van der Waals surface area contributed by atoms with E-state index in [4.69, 9.17) is 0 Å². The number of nitrogens with zero attached hydrogens (tertiary/aromatic N) is 3. The average Bonchev–Trinajstić information content (AvgIpc) is 3.32. The standard InChI is InChI=1S/C20H27N5O3S2/c1-13(2)18(20(26)21-14(3)10-11-15-7-6-12-25(15)4)24-30(27,28)17-9-5-8-16-19(17)23-29-22-16/h5-9,12-14,18,24H,10-11H2,1-4H3,(H,21,26)/t14-,18+/m0/s1. The molecule has 0 unspecified atom stereocenters. The van der Waals surface area contributed by atoms with Crippen LogP contribution < -0.4 is 10.0 Å². The van der Waals surface area contributed by atoms with Gasteiger partial charge in [-0.05, 0) is 49.9 Å². The summed E-state index contributed by atoms with van der Waals surface area (Å²) in [5.41, 5.74) is 2.01. The molecule has 2 atom stereocenters. The smallest absolute Gasteiger partial charge is 0.243 e. The zero-order chi connectivity index (χ0) is 21.9. The van der Waals surface area contributed by atoms with Crippen molar-refractivity contribution < 1.29 is 13.2 Å². The van der Waals surface area contributed by atoms with E-state index in [2.05, 4.69) is 18.8 Å². The predicted octanol–water partition coefficient (Wildman–Crippen LogP) is 2.47. The number of nitrogens with one attached hydrogen (secondary N) is 2. The van der Waals surface area contributed by atoms with Crippen LogP contribution in [0, 0.1) is 5.92 Å². The fourth-order valence-corrected chi connectivity index (χ4v) is 5.36. The van der Waals surface area contributed by atoms with Gasteiger partial charge in [-0.2, -0.15) is 13.5 Å². The summed E-state index contributed by atoms with van der Waals surface area (Å²) in [6, 6.07) is 7.85. The topological polar surface area (TPSA) is 106 Å². The maximum Gasteiger partial charge on any atom is 0.243 e. The Bertz CT molecular complexity index is 1120. The van der Waals surface area contributed by atoms with Gasteiger partial charge in [0.2, 0.25) is 15.9 Å². The first-order chi connectivity index (χ1) is 14.2. The second-order valence-electron chi connectivity index (χ2n) is 7.79. The lowest BCUT2D eigenvalue weighted by molar-refractivity contribution is -0.124. The Balaban J connectivity index is 1.69. The molecule has 0 saturated carbocycles. The van der Waals surface area contributed by atoms with Crippen LogP contribution in [-0.4, -0.2) is 39.7 Å². The van der Waals surface area contributed by atoms with Gasteiger partial charge in [0, 0.05) is 25.0 Å². The zero-order valence-corrected chi connectivity index (χ0v) is 19.1. The number of aryl methyl sites for hydroxylation is 2. The van der Waals surface area contributed by atoms with Gasteiger partial charge in [0.1, 0.15) is 22.0 Å². The molecule has 2 aromatic heterocycles. The highest BCUT2D eigenvalue weighted by Gasteiger charge is 2.30. The highest BCUT2D eigenvalue weighted by atomic mass is 32.2. The third-order valence-corrected chi connectivity index (χ3v) is 7.06. The van der Waals surface area contributed by atoms with Gasteiger partial charge in [-0.25, -0.2) is 8.42 Å². The lowest BCUT2D eigenvalue weighted by Gasteiger charge is -2.24. The minimum Gasteiger partial charge on any atom is -0.354 e. The molecule has 10 heteroatoms. The molecule has 1 amide bonds. The van der Waals surface area contributed by atoms with Crippen LogP contribution in [0.2, 0.25) is 0 Å². The molecule has 2 N–H and O–H groups in total. The number of fused-ring (bicyclic) bond motifs is 1. The Morgan fingerprint density at radius 1 is 1.17 bits per heavy atom. The van der Waals surface area contributed by atoms with Gasteiger partial charge in [-0.1, -0.05) is 19.9 Å². The van der Waals surface area contributed by atoms with E-state index in [0.717, 1.165) is 24.6 Å². The molecule has 1 aromatic carbocycles. The molecule has 2 heterocycles. The number of benzene rings is 1. The molecular weight excluding hydrogens is 422 g/mol. The molecule has 3 rings (SSSR count). The summed E-state index contributed by atoms with van der Waals surface area (Å²) < 4.78 is 38.8. The number of sulfonamides is 1. The van der Waals surface area contributed by atoms with Gasteiger partial charge >= 0.3 is 0 Å². The van der Waals surface area contributed by atoms with E-state index in [0.29, 0.717) is 11.0 Å². The average molecular weight is 450 g/mol. The summed E-state index contributed by atoms with van der Waals surface area (Å²) in [5.74, 6) is -0.566. The first kappa shape index (κ1) is 22.4. The summed E-state index contributed by atoms with van der Waals surface area (Å²) in [5, 5.41) is 2.95. The van der Waals surface area contributed by atoms with Crippen LogP contribution in [0.15, 0.2) is 41.4 Å². The molecule has 0 bridgehead atoms. The van der Waals surface area contributed by atoms with Gasteiger partial charge < -0.3 is 9.88 Å². The van der Waals surface area contributed by atoms with E-state index in [9.17, 15) is 13.2 Å². The van der Waals surface area contributed by atoms with Gasteiger partial charge in [-0.3, -0.25) is 4.79 Å². The quantitative estimate of drug-likeness (QED) is 0.522. The highest BCUT2D eigenvalue weighted by molar-refractivity contribution is 7.89. The van der Waals surface area contributed by atoms with E-state index in [1.807, 2.05) is 50.7 Å². The number of rotatable bonds is 9. The lowest BCUT2D eigenvalue weighted by atomic mass is 10.0. The van der Waals surface area contributed by atoms with Crippen LogP contribution in [-0.2, 0) is 28.3 Å². The van der Waals surface area contributed by atoms with Crippen LogP contribution in [0.25, 0.3) is 11.0 Å². The van der Waals surface area contributed by atoms with Crippen molar-refractivity contribution in [2.24, 2.45) is 13.0 Å². The molecule has 0 spiro atoms. The zero-order valence-electron chi connectivity index (χ0n) is 17.5. The van der Waals surface area contributed by atoms with E-state index in [-0.39, 0.29) is 22.8 Å². The van der Waals surface area contributed by atoms with Crippen molar-refractivity contribution in [3.63, 3.8) is 0 Å². The summed E-state index contributed by atoms with van der Waals surface area (Å²) in [6.07, 6.45) is 3.56. The molecular formula is C20H27N5O3S2. The monoisotopic (exact) mass is 449 g/mol. The van der Waals surface area contributed by atoms with Crippen LogP contribution in [0.5, 0.6) is 0 Å². The summed E-state index contributed by atoms with van der Waals surface area (Å²) in [7, 11) is -1.96. The van der Waals surface area contributed by atoms with Gasteiger partial charge in [0.25, 0.3) is 0 Å². The van der Waals surface area contributed by atoms with Crippen molar-refractivity contribution in [1.29, 1.82) is 0 Å². The number of hydrogen-bond acceptors (Lipinski definition) is 6. The van der Waals surface area contributed by atoms with Crippen LogP contribution in [0.3, 0.4) is 0 Å². The van der Waals surface area contributed by atoms with Crippen molar-refractivity contribution in [3.05, 3.63) is 42.2 Å².